The Hall–Kier alpha value is -2.69. The molecule has 2 aromatic rings. The number of aryl methyl sites for hydroxylation is 1. The average Bonchev–Trinajstić information content (AvgIpc) is 3.06. The summed E-state index contributed by atoms with van der Waals surface area (Å²) in [6.07, 6.45) is 3.80. The van der Waals surface area contributed by atoms with Gasteiger partial charge in [0.1, 0.15) is 5.82 Å². The highest BCUT2D eigenvalue weighted by Gasteiger charge is 2.34. The smallest absolute Gasteiger partial charge is 0.249 e. The molecule has 2 unspecified atom stereocenters. The Kier molecular flexibility index (Phi) is 6.45. The zero-order valence-corrected chi connectivity index (χ0v) is 16.5. The lowest BCUT2D eigenvalue weighted by atomic mass is 10.0. The third kappa shape index (κ3) is 4.97. The minimum Gasteiger partial charge on any atom is -0.478 e. The number of likely N-dealkylation sites (tertiary alicyclic amines) is 1. The SMILES string of the molecule is C=C(CCCOc1cc(C)ccn1)C(=O)N1CC(C)CC1c1cccc(F)c1. The van der Waals surface area contributed by atoms with Crippen LogP contribution in [0, 0.1) is 18.7 Å². The van der Waals surface area contributed by atoms with Gasteiger partial charge in [0, 0.05) is 24.4 Å². The van der Waals surface area contributed by atoms with Crippen LogP contribution in [0.4, 0.5) is 4.39 Å². The molecule has 5 heteroatoms. The lowest BCUT2D eigenvalue weighted by molar-refractivity contribution is -0.128. The quantitative estimate of drug-likeness (QED) is 0.508. The molecule has 1 aromatic heterocycles. The molecule has 1 amide bonds. The Morgan fingerprint density at radius 2 is 2.18 bits per heavy atom. The van der Waals surface area contributed by atoms with E-state index in [0.717, 1.165) is 17.5 Å². The molecule has 0 radical (unpaired) electrons. The number of amides is 1. The van der Waals surface area contributed by atoms with Gasteiger partial charge in [0.2, 0.25) is 11.8 Å². The molecule has 0 bridgehead atoms. The maximum Gasteiger partial charge on any atom is 0.249 e. The van der Waals surface area contributed by atoms with Gasteiger partial charge in [0.05, 0.1) is 12.6 Å². The molecular formula is C23H27FN2O2. The molecule has 4 nitrogen and oxygen atoms in total. The van der Waals surface area contributed by atoms with Crippen LogP contribution >= 0.6 is 0 Å². The van der Waals surface area contributed by atoms with E-state index in [1.54, 1.807) is 12.3 Å². The van der Waals surface area contributed by atoms with Crippen molar-refractivity contribution in [2.45, 2.75) is 39.2 Å². The van der Waals surface area contributed by atoms with Gasteiger partial charge >= 0.3 is 0 Å². The molecule has 148 valence electrons. The van der Waals surface area contributed by atoms with Crippen molar-refractivity contribution in [2.24, 2.45) is 5.92 Å². The summed E-state index contributed by atoms with van der Waals surface area (Å²) in [4.78, 5) is 18.9. The molecule has 1 saturated heterocycles. The number of aromatic nitrogens is 1. The second kappa shape index (κ2) is 9.00. The number of hydrogen-bond donors (Lipinski definition) is 0. The van der Waals surface area contributed by atoms with Crippen LogP contribution in [0.25, 0.3) is 0 Å². The van der Waals surface area contributed by atoms with Gasteiger partial charge in [-0.2, -0.15) is 0 Å². The number of pyridine rings is 1. The summed E-state index contributed by atoms with van der Waals surface area (Å²) < 4.78 is 19.3. The minimum absolute atomic E-state index is 0.0488. The fraction of sp³-hybridized carbons (Fsp3) is 0.391. The van der Waals surface area contributed by atoms with Gasteiger partial charge in [-0.3, -0.25) is 4.79 Å². The third-order valence-electron chi connectivity index (χ3n) is 5.07. The predicted molar refractivity (Wildman–Crippen MR) is 107 cm³/mol. The summed E-state index contributed by atoms with van der Waals surface area (Å²) >= 11 is 0. The van der Waals surface area contributed by atoms with Crippen LogP contribution in [0.15, 0.2) is 54.7 Å². The summed E-state index contributed by atoms with van der Waals surface area (Å²) in [5.74, 6) is 0.648. The van der Waals surface area contributed by atoms with Crippen LogP contribution < -0.4 is 4.74 Å². The summed E-state index contributed by atoms with van der Waals surface area (Å²) in [5, 5.41) is 0. The van der Waals surface area contributed by atoms with E-state index in [2.05, 4.69) is 18.5 Å². The number of hydrogen-bond acceptors (Lipinski definition) is 3. The van der Waals surface area contributed by atoms with E-state index >= 15 is 0 Å². The molecule has 1 aliphatic heterocycles. The number of nitrogens with zero attached hydrogens (tertiary/aromatic N) is 2. The summed E-state index contributed by atoms with van der Waals surface area (Å²) in [7, 11) is 0. The lowest BCUT2D eigenvalue weighted by Crippen LogP contribution is -2.32. The predicted octanol–water partition coefficient (Wildman–Crippen LogP) is 4.85. The van der Waals surface area contributed by atoms with Crippen molar-refractivity contribution < 1.29 is 13.9 Å². The fourth-order valence-electron chi connectivity index (χ4n) is 3.66. The van der Waals surface area contributed by atoms with Crippen molar-refractivity contribution in [1.82, 2.24) is 9.88 Å². The van der Waals surface area contributed by atoms with Gasteiger partial charge < -0.3 is 9.64 Å². The van der Waals surface area contributed by atoms with Crippen LogP contribution in [0.2, 0.25) is 0 Å². The molecule has 28 heavy (non-hydrogen) atoms. The third-order valence-corrected chi connectivity index (χ3v) is 5.07. The molecule has 1 aliphatic rings. The summed E-state index contributed by atoms with van der Waals surface area (Å²) in [6, 6.07) is 10.2. The van der Waals surface area contributed by atoms with Crippen LogP contribution in [0.1, 0.15) is 43.4 Å². The van der Waals surface area contributed by atoms with Crippen molar-refractivity contribution in [3.63, 3.8) is 0 Å². The van der Waals surface area contributed by atoms with Crippen molar-refractivity contribution in [1.29, 1.82) is 0 Å². The first kappa shape index (κ1) is 20.1. The van der Waals surface area contributed by atoms with Crippen LogP contribution in [-0.2, 0) is 4.79 Å². The van der Waals surface area contributed by atoms with Gasteiger partial charge in [0.15, 0.2) is 0 Å². The first-order valence-electron chi connectivity index (χ1n) is 9.73. The first-order chi connectivity index (χ1) is 13.4. The molecule has 2 atom stereocenters. The average molecular weight is 382 g/mol. The van der Waals surface area contributed by atoms with Crippen LogP contribution in [0.5, 0.6) is 5.88 Å². The zero-order chi connectivity index (χ0) is 20.1. The fourth-order valence-corrected chi connectivity index (χ4v) is 3.66. The minimum atomic E-state index is -0.273. The number of benzene rings is 1. The molecule has 0 N–H and O–H groups in total. The highest BCUT2D eigenvalue weighted by atomic mass is 19.1. The Balaban J connectivity index is 1.55. The Morgan fingerprint density at radius 1 is 1.36 bits per heavy atom. The van der Waals surface area contributed by atoms with Gasteiger partial charge in [-0.1, -0.05) is 25.6 Å². The van der Waals surface area contributed by atoms with E-state index in [0.29, 0.717) is 43.4 Å². The Bertz CT molecular complexity index is 852. The summed E-state index contributed by atoms with van der Waals surface area (Å²) in [6.45, 7) is 9.24. The number of rotatable bonds is 7. The highest BCUT2D eigenvalue weighted by Crippen LogP contribution is 2.36. The Labute approximate surface area is 166 Å². The van der Waals surface area contributed by atoms with Crippen molar-refractivity contribution in [3.8, 4) is 5.88 Å². The van der Waals surface area contributed by atoms with Crippen molar-refractivity contribution >= 4 is 5.91 Å². The largest absolute Gasteiger partial charge is 0.478 e. The molecule has 3 rings (SSSR count). The topological polar surface area (TPSA) is 42.4 Å². The van der Waals surface area contributed by atoms with Gasteiger partial charge in [-0.15, -0.1) is 0 Å². The van der Waals surface area contributed by atoms with Crippen LogP contribution in [-0.4, -0.2) is 28.9 Å². The van der Waals surface area contributed by atoms with Gasteiger partial charge in [-0.05, 0) is 61.4 Å². The molecule has 0 saturated carbocycles. The molecule has 1 fully saturated rings. The maximum absolute atomic E-state index is 13.6. The van der Waals surface area contributed by atoms with E-state index in [1.807, 2.05) is 30.0 Å². The van der Waals surface area contributed by atoms with Gasteiger partial charge in [0.25, 0.3) is 0 Å². The molecule has 2 heterocycles. The highest BCUT2D eigenvalue weighted by molar-refractivity contribution is 5.93. The van der Waals surface area contributed by atoms with Crippen LogP contribution in [0.3, 0.4) is 0 Å². The normalized spacial score (nSPS) is 18.9. The number of carbonyl (C=O) groups is 1. The lowest BCUT2D eigenvalue weighted by Gasteiger charge is -2.26. The van der Waals surface area contributed by atoms with E-state index < -0.39 is 0 Å². The van der Waals surface area contributed by atoms with Gasteiger partial charge in [-0.25, -0.2) is 9.37 Å². The second-order valence-electron chi connectivity index (χ2n) is 7.60. The number of carbonyl (C=O) groups excluding carboxylic acids is 1. The van der Waals surface area contributed by atoms with E-state index in [-0.39, 0.29) is 17.8 Å². The molecule has 0 aliphatic carbocycles. The maximum atomic E-state index is 13.6. The number of ether oxygens (including phenoxy) is 1. The zero-order valence-electron chi connectivity index (χ0n) is 16.5. The number of halogens is 1. The standard InChI is InChI=1S/C23H27FN2O2/c1-16-9-10-25-22(13-16)28-11-5-6-18(3)23(27)26-15-17(2)12-21(26)19-7-4-8-20(24)14-19/h4,7-10,13-14,17,21H,3,5-6,11-12,15H2,1-2H3. The molecule has 0 spiro atoms. The van der Waals surface area contributed by atoms with E-state index in [1.165, 1.54) is 12.1 Å². The monoisotopic (exact) mass is 382 g/mol. The van der Waals surface area contributed by atoms with E-state index in [4.69, 9.17) is 4.74 Å². The Morgan fingerprint density at radius 3 is 2.93 bits per heavy atom. The van der Waals surface area contributed by atoms with E-state index in [9.17, 15) is 9.18 Å². The van der Waals surface area contributed by atoms with Crippen molar-refractivity contribution in [2.75, 3.05) is 13.2 Å². The first-order valence-corrected chi connectivity index (χ1v) is 9.73. The molecular weight excluding hydrogens is 355 g/mol. The van der Waals surface area contributed by atoms with Crippen molar-refractivity contribution in [3.05, 3.63) is 71.7 Å². The summed E-state index contributed by atoms with van der Waals surface area (Å²) in [5.41, 5.74) is 2.51. The second-order valence-corrected chi connectivity index (χ2v) is 7.60. The molecule has 1 aromatic carbocycles.